The average Bonchev–Trinajstić information content (AvgIpc) is 3.59. The molecule has 4 nitrogen and oxygen atoms in total. The molecule has 2 aliphatic rings. The molecule has 8 aromatic rings. The summed E-state index contributed by atoms with van der Waals surface area (Å²) in [5.41, 5.74) is 13.1. The summed E-state index contributed by atoms with van der Waals surface area (Å²) in [5.74, 6) is 2.05. The maximum Gasteiger partial charge on any atom is 0.163 e. The maximum absolute atomic E-state index is 10.0. The largest absolute Gasteiger partial charge is 0.212 e. The molecule has 0 radical (unpaired) electrons. The van der Waals surface area contributed by atoms with Crippen molar-refractivity contribution < 1.29 is 0 Å². The van der Waals surface area contributed by atoms with E-state index in [1.165, 1.54) is 33.4 Å². The predicted octanol–water partition coefficient (Wildman–Crippen LogP) is 12.5. The summed E-state index contributed by atoms with van der Waals surface area (Å²) in [7, 11) is 0. The third kappa shape index (κ3) is 5.79. The highest BCUT2D eigenvalue weighted by atomic mass is 15.0. The third-order valence-electron chi connectivity index (χ3n) is 11.8. The van der Waals surface area contributed by atoms with Crippen LogP contribution < -0.4 is 0 Å². The Hall–Kier alpha value is -7.48. The van der Waals surface area contributed by atoms with Crippen molar-refractivity contribution in [2.45, 2.75) is 24.2 Å². The van der Waals surface area contributed by atoms with E-state index < -0.39 is 5.41 Å². The first kappa shape index (κ1) is 35.0. The Balaban J connectivity index is 1.18. The van der Waals surface area contributed by atoms with Crippen LogP contribution in [0.25, 0.3) is 56.2 Å². The van der Waals surface area contributed by atoms with Crippen molar-refractivity contribution in [2.75, 3.05) is 0 Å². The summed E-state index contributed by atoms with van der Waals surface area (Å²) in [6, 6.07) is 64.3. The fraction of sp³-hybridized carbons (Fsp3) is 0.0741. The van der Waals surface area contributed by atoms with Crippen LogP contribution in [0.3, 0.4) is 0 Å². The van der Waals surface area contributed by atoms with E-state index in [0.29, 0.717) is 17.2 Å². The van der Waals surface area contributed by atoms with Gasteiger partial charge in [-0.3, -0.25) is 0 Å². The number of hydrogen-bond donors (Lipinski definition) is 0. The molecule has 2 aliphatic carbocycles. The van der Waals surface area contributed by atoms with Gasteiger partial charge in [0.2, 0.25) is 0 Å². The lowest BCUT2D eigenvalue weighted by Gasteiger charge is -2.34. The molecular weight excluding hydrogens is 705 g/mol. The van der Waals surface area contributed by atoms with E-state index in [1.54, 1.807) is 0 Å². The molecule has 58 heavy (non-hydrogen) atoms. The molecule has 4 heteroatoms. The maximum atomic E-state index is 10.0. The van der Waals surface area contributed by atoms with Crippen LogP contribution in [0.5, 0.6) is 0 Å². The Kier molecular flexibility index (Phi) is 8.58. The zero-order valence-electron chi connectivity index (χ0n) is 32.0. The molecule has 0 bridgehead atoms. The van der Waals surface area contributed by atoms with E-state index in [2.05, 4.69) is 165 Å². The fourth-order valence-electron chi connectivity index (χ4n) is 8.89. The third-order valence-corrected chi connectivity index (χ3v) is 11.8. The number of fused-ring (bicyclic) bond motifs is 3. The molecule has 0 aliphatic heterocycles. The van der Waals surface area contributed by atoms with Gasteiger partial charge in [0.15, 0.2) is 11.6 Å². The van der Waals surface area contributed by atoms with E-state index >= 15 is 0 Å². The van der Waals surface area contributed by atoms with Gasteiger partial charge in [-0.05, 0) is 93.2 Å². The van der Waals surface area contributed by atoms with Gasteiger partial charge in [-0.2, -0.15) is 5.26 Å². The van der Waals surface area contributed by atoms with Crippen LogP contribution in [-0.4, -0.2) is 15.0 Å². The van der Waals surface area contributed by atoms with Gasteiger partial charge in [0, 0.05) is 16.5 Å². The Bertz CT molecular complexity index is 2890. The molecule has 0 N–H and O–H groups in total. The summed E-state index contributed by atoms with van der Waals surface area (Å²) in [4.78, 5) is 15.2. The van der Waals surface area contributed by atoms with E-state index in [4.69, 9.17) is 15.0 Å². The van der Waals surface area contributed by atoms with Crippen LogP contribution in [0.1, 0.15) is 47.0 Å². The SMILES string of the molecule is CC1(c2nc(-c3ccccc3)nc(-c3ccc(-c4cc5c(cc4-c4cccc(C#N)c4)C(c4ccccc4)(c4ccccc4)c4ccccc4-5)cc3)n2)C=CC=CC1. The highest BCUT2D eigenvalue weighted by Crippen LogP contribution is 2.58. The van der Waals surface area contributed by atoms with E-state index in [9.17, 15) is 5.26 Å². The molecule has 10 rings (SSSR count). The first-order valence-electron chi connectivity index (χ1n) is 19.7. The van der Waals surface area contributed by atoms with Crippen molar-refractivity contribution in [1.29, 1.82) is 5.26 Å². The molecule has 0 saturated heterocycles. The lowest BCUT2D eigenvalue weighted by Crippen LogP contribution is -2.28. The summed E-state index contributed by atoms with van der Waals surface area (Å²) in [6.45, 7) is 2.18. The smallest absolute Gasteiger partial charge is 0.163 e. The number of hydrogen-bond acceptors (Lipinski definition) is 4. The molecule has 0 amide bonds. The molecule has 0 fully saturated rings. The van der Waals surface area contributed by atoms with Gasteiger partial charge in [0.1, 0.15) is 5.82 Å². The number of benzene rings is 7. The first-order valence-corrected chi connectivity index (χ1v) is 19.7. The van der Waals surface area contributed by atoms with Crippen molar-refractivity contribution in [2.24, 2.45) is 0 Å². The van der Waals surface area contributed by atoms with Crippen LogP contribution in [-0.2, 0) is 10.8 Å². The Labute approximate surface area is 339 Å². The molecular formula is C54H38N4. The fourth-order valence-corrected chi connectivity index (χ4v) is 8.89. The van der Waals surface area contributed by atoms with E-state index in [-0.39, 0.29) is 5.41 Å². The average molecular weight is 743 g/mol. The van der Waals surface area contributed by atoms with Gasteiger partial charge >= 0.3 is 0 Å². The number of nitriles is 1. The predicted molar refractivity (Wildman–Crippen MR) is 234 cm³/mol. The normalized spacial score (nSPS) is 16.0. The van der Waals surface area contributed by atoms with E-state index in [0.717, 1.165) is 45.6 Å². The van der Waals surface area contributed by atoms with Gasteiger partial charge in [-0.15, -0.1) is 0 Å². The molecule has 0 spiro atoms. The zero-order valence-corrected chi connectivity index (χ0v) is 32.0. The van der Waals surface area contributed by atoms with Gasteiger partial charge in [0.25, 0.3) is 0 Å². The molecule has 274 valence electrons. The quantitative estimate of drug-likeness (QED) is 0.163. The number of nitrogens with zero attached hydrogens (tertiary/aromatic N) is 4. The molecule has 7 aromatic carbocycles. The molecule has 0 saturated carbocycles. The number of allylic oxidation sites excluding steroid dienone is 4. The molecule has 1 atom stereocenters. The highest BCUT2D eigenvalue weighted by molar-refractivity contribution is 5.95. The van der Waals surface area contributed by atoms with Crippen LogP contribution in [0.2, 0.25) is 0 Å². The molecule has 1 heterocycles. The van der Waals surface area contributed by atoms with Crippen molar-refractivity contribution in [3.8, 4) is 62.2 Å². The van der Waals surface area contributed by atoms with Crippen LogP contribution in [0.15, 0.2) is 200 Å². The van der Waals surface area contributed by atoms with Crippen LogP contribution in [0, 0.1) is 11.3 Å². The summed E-state index contributed by atoms with van der Waals surface area (Å²) in [6.07, 6.45) is 9.32. The molecule has 1 unspecified atom stereocenters. The molecule has 1 aromatic heterocycles. The first-order chi connectivity index (χ1) is 28.5. The minimum atomic E-state index is -0.550. The van der Waals surface area contributed by atoms with Gasteiger partial charge in [-0.1, -0.05) is 176 Å². The Morgan fingerprint density at radius 2 is 1.07 bits per heavy atom. The number of aromatic nitrogens is 3. The van der Waals surface area contributed by atoms with Crippen molar-refractivity contribution >= 4 is 0 Å². The lowest BCUT2D eigenvalue weighted by atomic mass is 9.67. The monoisotopic (exact) mass is 742 g/mol. The van der Waals surface area contributed by atoms with Crippen molar-refractivity contribution in [3.63, 3.8) is 0 Å². The van der Waals surface area contributed by atoms with Crippen molar-refractivity contribution in [1.82, 2.24) is 15.0 Å². The minimum Gasteiger partial charge on any atom is -0.212 e. The zero-order chi connectivity index (χ0) is 39.1. The minimum absolute atomic E-state index is 0.349. The lowest BCUT2D eigenvalue weighted by molar-refractivity contribution is 0.554. The van der Waals surface area contributed by atoms with Crippen LogP contribution in [0.4, 0.5) is 0 Å². The van der Waals surface area contributed by atoms with Gasteiger partial charge in [0.05, 0.1) is 17.0 Å². The summed E-state index contributed by atoms with van der Waals surface area (Å²) < 4.78 is 0. The van der Waals surface area contributed by atoms with Gasteiger partial charge in [-0.25, -0.2) is 15.0 Å². The second-order valence-corrected chi connectivity index (χ2v) is 15.3. The van der Waals surface area contributed by atoms with E-state index in [1.807, 2.05) is 48.5 Å². The highest BCUT2D eigenvalue weighted by Gasteiger charge is 2.46. The summed E-state index contributed by atoms with van der Waals surface area (Å²) >= 11 is 0. The Morgan fingerprint density at radius 1 is 0.483 bits per heavy atom. The van der Waals surface area contributed by atoms with Gasteiger partial charge < -0.3 is 0 Å². The second kappa shape index (κ2) is 14.2. The topological polar surface area (TPSA) is 62.5 Å². The Morgan fingerprint density at radius 3 is 1.72 bits per heavy atom. The van der Waals surface area contributed by atoms with Crippen LogP contribution >= 0.6 is 0 Å². The standard InChI is InChI=1S/C54H38N4/c1-53(31-14-5-15-32-53)52-57-50(39-18-6-2-7-19-39)56-51(58-52)40-29-27-38(28-30-40)45-34-47-44-25-12-13-26-48(44)54(42-21-8-3-9-22-42,43-23-10-4-11-24-43)49(47)35-46(45)41-20-16-17-37(33-41)36-55/h2-31,33-35H,32H2,1H3. The summed E-state index contributed by atoms with van der Waals surface area (Å²) in [5, 5.41) is 10.0. The second-order valence-electron chi connectivity index (χ2n) is 15.3. The van der Waals surface area contributed by atoms with Crippen molar-refractivity contribution in [3.05, 3.63) is 234 Å². The number of rotatable bonds is 7.